The molecule has 0 radical (unpaired) electrons. The zero-order valence-electron chi connectivity index (χ0n) is 10.7. The molecule has 0 aliphatic rings. The monoisotopic (exact) mass is 275 g/mol. The Labute approximate surface area is 114 Å². The van der Waals surface area contributed by atoms with Crippen LogP contribution in [0.1, 0.15) is 11.1 Å². The molecular weight excluding hydrogens is 254 g/mol. The smallest absolute Gasteiger partial charge is 0.0609 e. The summed E-state index contributed by atoms with van der Waals surface area (Å²) in [5.74, 6) is 0. The number of rotatable bonds is 7. The molecule has 0 nitrogen and oxygen atoms in total. The Morgan fingerprint density at radius 3 is 1.89 bits per heavy atom. The van der Waals surface area contributed by atoms with Gasteiger partial charge in [0.2, 0.25) is 0 Å². The molecular formula is C16H21P2+. The first-order valence-electron chi connectivity index (χ1n) is 6.58. The lowest BCUT2D eigenvalue weighted by Crippen LogP contribution is -1.86. The average Bonchev–Trinajstić information content (AvgIpc) is 2.45. The zero-order valence-corrected chi connectivity index (χ0v) is 12.8. The lowest BCUT2D eigenvalue weighted by molar-refractivity contribution is 1.15. The maximum atomic E-state index is 2.24. The van der Waals surface area contributed by atoms with E-state index in [1.54, 1.807) is 0 Å². The van der Waals surface area contributed by atoms with Crippen molar-refractivity contribution in [2.24, 2.45) is 0 Å². The third-order valence-electron chi connectivity index (χ3n) is 2.97. The Bertz CT molecular complexity index is 382. The average molecular weight is 275 g/mol. The van der Waals surface area contributed by atoms with Crippen LogP contribution in [0.2, 0.25) is 0 Å². The first kappa shape index (κ1) is 13.7. The topological polar surface area (TPSA) is 0 Å². The lowest BCUT2D eigenvalue weighted by Gasteiger charge is -1.99. The van der Waals surface area contributed by atoms with Crippen molar-refractivity contribution in [3.8, 4) is 0 Å². The summed E-state index contributed by atoms with van der Waals surface area (Å²) in [7, 11) is 1.85. The van der Waals surface area contributed by atoms with Gasteiger partial charge in [0, 0.05) is 29.1 Å². The van der Waals surface area contributed by atoms with E-state index in [2.05, 4.69) is 60.7 Å². The Morgan fingerprint density at radius 1 is 0.722 bits per heavy atom. The van der Waals surface area contributed by atoms with Crippen LogP contribution in [-0.2, 0) is 12.8 Å². The first-order valence-corrected chi connectivity index (χ1v) is 10.4. The number of hydrogen-bond acceptors (Lipinski definition) is 0. The van der Waals surface area contributed by atoms with E-state index in [1.165, 1.54) is 44.6 Å². The van der Waals surface area contributed by atoms with Crippen LogP contribution >= 0.6 is 16.5 Å². The van der Waals surface area contributed by atoms with Crippen LogP contribution in [-0.4, -0.2) is 12.3 Å². The summed E-state index contributed by atoms with van der Waals surface area (Å²) >= 11 is 0. The van der Waals surface area contributed by atoms with E-state index in [9.17, 15) is 0 Å². The van der Waals surface area contributed by atoms with E-state index in [4.69, 9.17) is 0 Å². The molecule has 0 fully saturated rings. The lowest BCUT2D eigenvalue weighted by atomic mass is 10.2. The van der Waals surface area contributed by atoms with Crippen LogP contribution in [0.4, 0.5) is 0 Å². The Morgan fingerprint density at radius 2 is 1.28 bits per heavy atom. The molecule has 2 rings (SSSR count). The normalized spacial score (nSPS) is 11.8. The molecule has 18 heavy (non-hydrogen) atoms. The van der Waals surface area contributed by atoms with Crippen LogP contribution in [0, 0.1) is 0 Å². The quantitative estimate of drug-likeness (QED) is 0.516. The van der Waals surface area contributed by atoms with Gasteiger partial charge in [0.1, 0.15) is 0 Å². The van der Waals surface area contributed by atoms with Gasteiger partial charge in [0.15, 0.2) is 0 Å². The highest BCUT2D eigenvalue weighted by atomic mass is 32.0. The van der Waals surface area contributed by atoms with Gasteiger partial charge in [-0.15, -0.1) is 0 Å². The second-order valence-electron chi connectivity index (χ2n) is 4.42. The highest BCUT2D eigenvalue weighted by Crippen LogP contribution is 2.37. The van der Waals surface area contributed by atoms with Gasteiger partial charge in [-0.25, -0.2) is 0 Å². The molecule has 2 aromatic rings. The molecule has 0 saturated heterocycles. The molecule has 0 aromatic heterocycles. The predicted molar refractivity (Wildman–Crippen MR) is 88.1 cm³/mol. The van der Waals surface area contributed by atoms with Crippen molar-refractivity contribution >= 4 is 16.5 Å². The van der Waals surface area contributed by atoms with Crippen molar-refractivity contribution in [2.45, 2.75) is 12.8 Å². The summed E-state index contributed by atoms with van der Waals surface area (Å²) in [5, 5.41) is 0. The molecule has 0 bridgehead atoms. The van der Waals surface area contributed by atoms with E-state index in [1.807, 2.05) is 0 Å². The van der Waals surface area contributed by atoms with Crippen molar-refractivity contribution in [3.05, 3.63) is 71.8 Å². The standard InChI is InChI=1S/C16H20P2/c1-3-7-15(8-4-1)11-13-17-18-14-12-16-9-5-2-6-10-16/h1-10,17-18H,11-14H2/p+1. The minimum Gasteiger partial charge on any atom is -0.0622 e. The second-order valence-corrected chi connectivity index (χ2v) is 8.76. The second kappa shape index (κ2) is 8.41. The summed E-state index contributed by atoms with van der Waals surface area (Å²) in [5.41, 5.74) is 2.99. The molecule has 0 saturated carbocycles. The van der Waals surface area contributed by atoms with E-state index >= 15 is 0 Å². The van der Waals surface area contributed by atoms with Gasteiger partial charge in [-0.1, -0.05) is 60.7 Å². The molecule has 0 spiro atoms. The van der Waals surface area contributed by atoms with Crippen LogP contribution in [0.5, 0.6) is 0 Å². The molecule has 2 heteroatoms. The molecule has 2 aromatic carbocycles. The van der Waals surface area contributed by atoms with Crippen molar-refractivity contribution in [2.75, 3.05) is 12.3 Å². The molecule has 94 valence electrons. The summed E-state index contributed by atoms with van der Waals surface area (Å²) in [6.07, 6.45) is 5.33. The zero-order chi connectivity index (χ0) is 12.5. The van der Waals surface area contributed by atoms with E-state index in [0.717, 1.165) is 0 Å². The third-order valence-corrected chi connectivity index (χ3v) is 6.97. The van der Waals surface area contributed by atoms with Crippen molar-refractivity contribution in [1.82, 2.24) is 0 Å². The highest BCUT2D eigenvalue weighted by molar-refractivity contribution is 8.11. The van der Waals surface area contributed by atoms with E-state index in [0.29, 0.717) is 8.27 Å². The fraction of sp³-hybridized carbons (Fsp3) is 0.250. The summed E-state index contributed by atoms with van der Waals surface area (Å²) in [4.78, 5) is 0. The molecule has 0 N–H and O–H groups in total. The molecule has 0 aliphatic carbocycles. The summed E-state index contributed by atoms with van der Waals surface area (Å²) in [6, 6.07) is 21.7. The van der Waals surface area contributed by atoms with Gasteiger partial charge in [0.25, 0.3) is 0 Å². The van der Waals surface area contributed by atoms with Gasteiger partial charge < -0.3 is 0 Å². The predicted octanol–water partition coefficient (Wildman–Crippen LogP) is 4.48. The van der Waals surface area contributed by atoms with Gasteiger partial charge in [-0.2, -0.15) is 0 Å². The largest absolute Gasteiger partial charge is 0.0622 e. The van der Waals surface area contributed by atoms with Gasteiger partial charge in [0.05, 0.1) is 6.16 Å². The molecule has 0 heterocycles. The summed E-state index contributed by atoms with van der Waals surface area (Å²) < 4.78 is 0. The SMILES string of the molecule is c1ccc(CCP[PH2+]CCc2ccccc2)cc1. The van der Waals surface area contributed by atoms with Crippen LogP contribution in [0.15, 0.2) is 60.7 Å². The molecule has 0 aliphatic heterocycles. The van der Waals surface area contributed by atoms with E-state index in [-0.39, 0.29) is 0 Å². The van der Waals surface area contributed by atoms with Crippen LogP contribution < -0.4 is 0 Å². The maximum absolute atomic E-state index is 2.24. The number of benzene rings is 2. The Kier molecular flexibility index (Phi) is 6.41. The number of hydrogen-bond donors (Lipinski definition) is 0. The fourth-order valence-electron chi connectivity index (χ4n) is 1.95. The molecule has 0 amide bonds. The minimum atomic E-state index is 0.658. The minimum absolute atomic E-state index is 0.658. The van der Waals surface area contributed by atoms with Crippen LogP contribution in [0.3, 0.4) is 0 Å². The molecule has 2 atom stereocenters. The maximum Gasteiger partial charge on any atom is 0.0609 e. The molecule has 2 unspecified atom stereocenters. The van der Waals surface area contributed by atoms with Crippen molar-refractivity contribution in [1.29, 1.82) is 0 Å². The first-order chi connectivity index (χ1) is 8.95. The van der Waals surface area contributed by atoms with Crippen LogP contribution in [0.25, 0.3) is 0 Å². The third kappa shape index (κ3) is 5.30. The number of aryl methyl sites for hydroxylation is 2. The van der Waals surface area contributed by atoms with Crippen molar-refractivity contribution < 1.29 is 0 Å². The van der Waals surface area contributed by atoms with Gasteiger partial charge in [-0.05, 0) is 17.5 Å². The van der Waals surface area contributed by atoms with E-state index < -0.39 is 0 Å². The van der Waals surface area contributed by atoms with Crippen molar-refractivity contribution in [3.63, 3.8) is 0 Å². The fourth-order valence-corrected chi connectivity index (χ4v) is 5.36. The summed E-state index contributed by atoms with van der Waals surface area (Å²) in [6.45, 7) is 0. The Hall–Kier alpha value is -0.700. The highest BCUT2D eigenvalue weighted by Gasteiger charge is 1.99. The van der Waals surface area contributed by atoms with Gasteiger partial charge in [-0.3, -0.25) is 0 Å². The van der Waals surface area contributed by atoms with Gasteiger partial charge >= 0.3 is 0 Å². The Balaban J connectivity index is 1.54.